The van der Waals surface area contributed by atoms with Gasteiger partial charge in [0.05, 0.1) is 17.2 Å². The third kappa shape index (κ3) is 2.83. The van der Waals surface area contributed by atoms with Crippen LogP contribution >= 0.6 is 23.2 Å². The van der Waals surface area contributed by atoms with E-state index in [1.165, 1.54) is 18.2 Å². The highest BCUT2D eigenvalue weighted by molar-refractivity contribution is 6.36. The summed E-state index contributed by atoms with van der Waals surface area (Å²) in [7, 11) is 0. The van der Waals surface area contributed by atoms with Crippen molar-refractivity contribution in [1.82, 2.24) is 5.16 Å². The Morgan fingerprint density at radius 3 is 2.57 bits per heavy atom. The largest absolute Gasteiger partial charge is 0.391 e. The monoisotopic (exact) mass is 355 g/mol. The topological polar surface area (TPSA) is 46.3 Å². The molecule has 0 atom stereocenters. The molecule has 2 aromatic carbocycles. The number of aromatic nitrogens is 1. The predicted molar refractivity (Wildman–Crippen MR) is 83.2 cm³/mol. The van der Waals surface area contributed by atoms with E-state index in [-0.39, 0.29) is 27.6 Å². The lowest BCUT2D eigenvalue weighted by Crippen LogP contribution is -1.94. The van der Waals surface area contributed by atoms with E-state index in [9.17, 15) is 13.9 Å². The number of aliphatic hydroxyl groups excluding tert-OH is 1. The maximum absolute atomic E-state index is 14.0. The van der Waals surface area contributed by atoms with Gasteiger partial charge in [0.1, 0.15) is 5.69 Å². The van der Waals surface area contributed by atoms with Gasteiger partial charge in [0, 0.05) is 16.1 Å². The summed E-state index contributed by atoms with van der Waals surface area (Å²) in [6.45, 7) is -0.483. The summed E-state index contributed by atoms with van der Waals surface area (Å²) in [6.07, 6.45) is 0. The third-order valence-corrected chi connectivity index (χ3v) is 3.88. The zero-order chi connectivity index (χ0) is 16.6. The van der Waals surface area contributed by atoms with Crippen LogP contribution in [-0.2, 0) is 6.61 Å². The Kier molecular flexibility index (Phi) is 4.35. The first-order valence-corrected chi connectivity index (χ1v) is 7.27. The molecule has 1 aromatic heterocycles. The number of aliphatic hydroxyl groups is 1. The number of nitrogens with zero attached hydrogens (tertiary/aromatic N) is 1. The molecule has 7 heteroatoms. The molecule has 0 radical (unpaired) electrons. The van der Waals surface area contributed by atoms with Crippen molar-refractivity contribution in [2.75, 3.05) is 0 Å². The molecule has 0 aliphatic rings. The summed E-state index contributed by atoms with van der Waals surface area (Å²) in [5.74, 6) is -1.91. The van der Waals surface area contributed by atoms with Gasteiger partial charge in [0.15, 0.2) is 17.4 Å². The molecule has 0 saturated heterocycles. The second-order valence-electron chi connectivity index (χ2n) is 4.72. The summed E-state index contributed by atoms with van der Waals surface area (Å²) >= 11 is 12.0. The van der Waals surface area contributed by atoms with Gasteiger partial charge in [-0.15, -0.1) is 0 Å². The quantitative estimate of drug-likeness (QED) is 0.711. The Hall–Kier alpha value is -1.95. The van der Waals surface area contributed by atoms with Crippen LogP contribution in [0.25, 0.3) is 22.6 Å². The van der Waals surface area contributed by atoms with Gasteiger partial charge in [-0.2, -0.15) is 0 Å². The highest BCUT2D eigenvalue weighted by Crippen LogP contribution is 2.37. The van der Waals surface area contributed by atoms with E-state index in [0.717, 1.165) is 6.07 Å². The summed E-state index contributed by atoms with van der Waals surface area (Å²) < 4.78 is 32.6. The van der Waals surface area contributed by atoms with Crippen molar-refractivity contribution in [2.24, 2.45) is 0 Å². The Balaban J connectivity index is 2.19. The Morgan fingerprint density at radius 2 is 1.87 bits per heavy atom. The standard InChI is InChI=1S/C16H9Cl2F2NO2/c17-8-4-5-9(12(18)6-8)16-11(7-22)15(21-23-16)10-2-1-3-13(19)14(10)20/h1-6,22H,7H2. The fourth-order valence-electron chi connectivity index (χ4n) is 2.24. The van der Waals surface area contributed by atoms with Crippen LogP contribution in [0.2, 0.25) is 10.0 Å². The normalized spacial score (nSPS) is 11.0. The zero-order valence-corrected chi connectivity index (χ0v) is 13.0. The molecule has 0 saturated carbocycles. The van der Waals surface area contributed by atoms with Gasteiger partial charge in [-0.3, -0.25) is 0 Å². The van der Waals surface area contributed by atoms with Gasteiger partial charge in [-0.25, -0.2) is 8.78 Å². The maximum Gasteiger partial charge on any atom is 0.174 e. The van der Waals surface area contributed by atoms with Gasteiger partial charge in [-0.1, -0.05) is 34.4 Å². The van der Waals surface area contributed by atoms with E-state index in [1.807, 2.05) is 0 Å². The molecule has 0 unspecified atom stereocenters. The first kappa shape index (κ1) is 15.9. The number of halogens is 4. The molecule has 23 heavy (non-hydrogen) atoms. The highest BCUT2D eigenvalue weighted by atomic mass is 35.5. The fourth-order valence-corrected chi connectivity index (χ4v) is 2.73. The molecule has 118 valence electrons. The molecular formula is C16H9Cl2F2NO2. The molecule has 1 heterocycles. The SMILES string of the molecule is OCc1c(-c2cccc(F)c2F)noc1-c1ccc(Cl)cc1Cl. The smallest absolute Gasteiger partial charge is 0.174 e. The molecule has 0 aliphatic heterocycles. The first-order chi connectivity index (χ1) is 11.0. The van der Waals surface area contributed by atoms with Gasteiger partial charge in [0.25, 0.3) is 0 Å². The number of benzene rings is 2. The summed E-state index contributed by atoms with van der Waals surface area (Å²) in [4.78, 5) is 0. The van der Waals surface area contributed by atoms with Crippen molar-refractivity contribution >= 4 is 23.2 Å². The van der Waals surface area contributed by atoms with Crippen molar-refractivity contribution in [3.05, 3.63) is 63.6 Å². The summed E-state index contributed by atoms with van der Waals surface area (Å²) in [5, 5.41) is 14.1. The number of hydrogen-bond acceptors (Lipinski definition) is 3. The number of rotatable bonds is 3. The lowest BCUT2D eigenvalue weighted by Gasteiger charge is -2.05. The van der Waals surface area contributed by atoms with Crippen LogP contribution in [0.3, 0.4) is 0 Å². The average molecular weight is 356 g/mol. The van der Waals surface area contributed by atoms with Gasteiger partial charge in [0.2, 0.25) is 0 Å². The van der Waals surface area contributed by atoms with Gasteiger partial charge >= 0.3 is 0 Å². The Morgan fingerprint density at radius 1 is 1.09 bits per heavy atom. The zero-order valence-electron chi connectivity index (χ0n) is 11.5. The summed E-state index contributed by atoms with van der Waals surface area (Å²) in [6, 6.07) is 8.38. The molecule has 3 nitrogen and oxygen atoms in total. The minimum absolute atomic E-state index is 0.0190. The van der Waals surface area contributed by atoms with Crippen molar-refractivity contribution in [3.8, 4) is 22.6 Å². The van der Waals surface area contributed by atoms with Crippen LogP contribution in [0.5, 0.6) is 0 Å². The second-order valence-corrected chi connectivity index (χ2v) is 5.57. The van der Waals surface area contributed by atoms with Crippen LogP contribution in [-0.4, -0.2) is 10.3 Å². The van der Waals surface area contributed by atoms with Gasteiger partial charge in [-0.05, 0) is 30.3 Å². The molecular weight excluding hydrogens is 347 g/mol. The van der Waals surface area contributed by atoms with Crippen LogP contribution in [0.4, 0.5) is 8.78 Å². The lowest BCUT2D eigenvalue weighted by molar-refractivity contribution is 0.281. The molecule has 0 fully saturated rings. The molecule has 0 aliphatic carbocycles. The molecule has 1 N–H and O–H groups in total. The van der Waals surface area contributed by atoms with Crippen LogP contribution < -0.4 is 0 Å². The summed E-state index contributed by atoms with van der Waals surface area (Å²) in [5.41, 5.74) is 0.564. The van der Waals surface area contributed by atoms with E-state index in [4.69, 9.17) is 27.7 Å². The molecule has 0 bridgehead atoms. The predicted octanol–water partition coefficient (Wildman–Crippen LogP) is 5.09. The van der Waals surface area contributed by atoms with Gasteiger partial charge < -0.3 is 9.63 Å². The van der Waals surface area contributed by atoms with Crippen molar-refractivity contribution < 1.29 is 18.4 Å². The average Bonchev–Trinajstić information content (AvgIpc) is 2.93. The van der Waals surface area contributed by atoms with Crippen molar-refractivity contribution in [1.29, 1.82) is 0 Å². The highest BCUT2D eigenvalue weighted by Gasteiger charge is 2.23. The van der Waals surface area contributed by atoms with Crippen molar-refractivity contribution in [3.63, 3.8) is 0 Å². The van der Waals surface area contributed by atoms with Crippen LogP contribution in [0.15, 0.2) is 40.9 Å². The molecule has 0 amide bonds. The Labute approximate surface area is 140 Å². The minimum atomic E-state index is -1.07. The molecule has 3 rings (SSSR count). The third-order valence-electron chi connectivity index (χ3n) is 3.33. The van der Waals surface area contributed by atoms with E-state index in [0.29, 0.717) is 10.6 Å². The first-order valence-electron chi connectivity index (χ1n) is 6.52. The second kappa shape index (κ2) is 6.28. The lowest BCUT2D eigenvalue weighted by atomic mass is 10.0. The molecule has 3 aromatic rings. The van der Waals surface area contributed by atoms with Crippen molar-refractivity contribution in [2.45, 2.75) is 6.61 Å². The number of hydrogen-bond donors (Lipinski definition) is 1. The van der Waals surface area contributed by atoms with E-state index in [1.54, 1.807) is 12.1 Å². The minimum Gasteiger partial charge on any atom is -0.391 e. The van der Waals surface area contributed by atoms with Crippen LogP contribution in [0, 0.1) is 11.6 Å². The van der Waals surface area contributed by atoms with E-state index < -0.39 is 18.2 Å². The maximum atomic E-state index is 14.0. The van der Waals surface area contributed by atoms with E-state index in [2.05, 4.69) is 5.16 Å². The van der Waals surface area contributed by atoms with Crippen LogP contribution in [0.1, 0.15) is 5.56 Å². The fraction of sp³-hybridized carbons (Fsp3) is 0.0625. The molecule has 0 spiro atoms. The Bertz CT molecular complexity index is 881. The van der Waals surface area contributed by atoms with E-state index >= 15 is 0 Å².